The smallest absolute Gasteiger partial charge is 0.349 e. The maximum absolute atomic E-state index is 11.5. The molecular weight excluding hydrogens is 300 g/mol. The number of non-ortho nitro benzene ring substituents is 1. The third-order valence-corrected chi connectivity index (χ3v) is 2.89. The fourth-order valence-corrected chi connectivity index (χ4v) is 1.82. The van der Waals surface area contributed by atoms with Crippen LogP contribution in [0.4, 0.5) is 5.69 Å². The van der Waals surface area contributed by atoms with Gasteiger partial charge in [0.2, 0.25) is 0 Å². The molecule has 0 bridgehead atoms. The van der Waals surface area contributed by atoms with Gasteiger partial charge in [0.15, 0.2) is 0 Å². The van der Waals surface area contributed by atoms with Crippen molar-refractivity contribution in [3.05, 3.63) is 57.8 Å². The van der Waals surface area contributed by atoms with E-state index in [1.807, 2.05) is 0 Å². The number of furan rings is 1. The summed E-state index contributed by atoms with van der Waals surface area (Å²) >= 11 is 0. The number of nitriles is 1. The molecule has 2 rings (SSSR count). The number of nitro groups is 1. The van der Waals surface area contributed by atoms with E-state index in [1.165, 1.54) is 18.2 Å². The molecule has 7 heteroatoms. The molecule has 0 fully saturated rings. The molecule has 7 nitrogen and oxygen atoms in total. The van der Waals surface area contributed by atoms with Crippen molar-refractivity contribution in [2.75, 3.05) is 6.61 Å². The highest BCUT2D eigenvalue weighted by molar-refractivity contribution is 5.97. The molecule has 0 atom stereocenters. The van der Waals surface area contributed by atoms with Crippen molar-refractivity contribution in [1.82, 2.24) is 0 Å². The predicted octanol–water partition coefficient (Wildman–Crippen LogP) is 3.32. The first kappa shape index (κ1) is 16.0. The van der Waals surface area contributed by atoms with Gasteiger partial charge in [-0.2, -0.15) is 5.26 Å². The van der Waals surface area contributed by atoms with Gasteiger partial charge in [-0.25, -0.2) is 4.79 Å². The molecule has 0 aliphatic rings. The Balaban J connectivity index is 2.25. The Morgan fingerprint density at radius 1 is 1.35 bits per heavy atom. The van der Waals surface area contributed by atoms with E-state index < -0.39 is 10.9 Å². The van der Waals surface area contributed by atoms with Crippen LogP contribution in [0, 0.1) is 21.4 Å². The van der Waals surface area contributed by atoms with Crippen LogP contribution < -0.4 is 0 Å². The minimum Gasteiger partial charge on any atom is -0.462 e. The second kappa shape index (κ2) is 7.04. The molecule has 0 aliphatic carbocycles. The summed E-state index contributed by atoms with van der Waals surface area (Å²) < 4.78 is 10.3. The van der Waals surface area contributed by atoms with Crippen LogP contribution in [0.2, 0.25) is 0 Å². The lowest BCUT2D eigenvalue weighted by atomic mass is 10.1. The van der Waals surface area contributed by atoms with Crippen LogP contribution in [0.1, 0.15) is 12.7 Å². The van der Waals surface area contributed by atoms with E-state index in [0.29, 0.717) is 17.1 Å². The quantitative estimate of drug-likeness (QED) is 0.275. The lowest BCUT2D eigenvalue weighted by molar-refractivity contribution is -0.384. The number of ether oxygens (including phenoxy) is 1. The van der Waals surface area contributed by atoms with Gasteiger partial charge in [0.05, 0.1) is 11.5 Å². The van der Waals surface area contributed by atoms with Gasteiger partial charge >= 0.3 is 5.97 Å². The SMILES string of the molecule is CCOC(=O)/C(C#N)=C\c1ccc(-c2ccc([N+](=O)[O-])cc2)o1. The van der Waals surface area contributed by atoms with E-state index in [9.17, 15) is 14.9 Å². The van der Waals surface area contributed by atoms with E-state index in [0.717, 1.165) is 0 Å². The van der Waals surface area contributed by atoms with Gasteiger partial charge in [-0.3, -0.25) is 10.1 Å². The van der Waals surface area contributed by atoms with Gasteiger partial charge in [0.25, 0.3) is 5.69 Å². The van der Waals surface area contributed by atoms with Gasteiger partial charge < -0.3 is 9.15 Å². The zero-order chi connectivity index (χ0) is 16.8. The molecule has 1 aromatic carbocycles. The van der Waals surface area contributed by atoms with Gasteiger partial charge in [0.1, 0.15) is 23.2 Å². The van der Waals surface area contributed by atoms with Crippen LogP contribution in [0.15, 0.2) is 46.4 Å². The number of nitrogens with zero attached hydrogens (tertiary/aromatic N) is 2. The molecular formula is C16H12N2O5. The highest BCUT2D eigenvalue weighted by Gasteiger charge is 2.12. The predicted molar refractivity (Wildman–Crippen MR) is 81.0 cm³/mol. The largest absolute Gasteiger partial charge is 0.462 e. The summed E-state index contributed by atoms with van der Waals surface area (Å²) in [6.45, 7) is 1.82. The first-order valence-corrected chi connectivity index (χ1v) is 6.68. The third kappa shape index (κ3) is 3.83. The molecule has 0 unspecified atom stereocenters. The maximum atomic E-state index is 11.5. The third-order valence-electron chi connectivity index (χ3n) is 2.89. The summed E-state index contributed by atoms with van der Waals surface area (Å²) in [5.74, 6) is 0.0542. The number of carbonyl (C=O) groups excluding carboxylic acids is 1. The van der Waals surface area contributed by atoms with Crippen molar-refractivity contribution in [3.8, 4) is 17.4 Å². The first-order valence-electron chi connectivity index (χ1n) is 6.68. The zero-order valence-corrected chi connectivity index (χ0v) is 12.2. The van der Waals surface area contributed by atoms with Crippen LogP contribution in [-0.4, -0.2) is 17.5 Å². The fourth-order valence-electron chi connectivity index (χ4n) is 1.82. The fraction of sp³-hybridized carbons (Fsp3) is 0.125. The number of carbonyl (C=O) groups is 1. The van der Waals surface area contributed by atoms with Crippen molar-refractivity contribution < 1.29 is 18.9 Å². The van der Waals surface area contributed by atoms with E-state index in [2.05, 4.69) is 0 Å². The highest BCUT2D eigenvalue weighted by atomic mass is 16.6. The molecule has 0 spiro atoms. The van der Waals surface area contributed by atoms with E-state index in [-0.39, 0.29) is 17.9 Å². The number of rotatable bonds is 5. The summed E-state index contributed by atoms with van der Waals surface area (Å²) in [5, 5.41) is 19.6. The Labute approximate surface area is 131 Å². The van der Waals surface area contributed by atoms with Gasteiger partial charge in [0, 0.05) is 23.8 Å². The second-order valence-electron chi connectivity index (χ2n) is 4.40. The molecule has 0 saturated heterocycles. The van der Waals surface area contributed by atoms with Crippen LogP contribution in [-0.2, 0) is 9.53 Å². The Bertz CT molecular complexity index is 797. The molecule has 1 heterocycles. The van der Waals surface area contributed by atoms with Gasteiger partial charge in [-0.1, -0.05) is 0 Å². The molecule has 0 amide bonds. The van der Waals surface area contributed by atoms with Crippen LogP contribution in [0.5, 0.6) is 0 Å². The minimum atomic E-state index is -0.719. The number of hydrogen-bond acceptors (Lipinski definition) is 6. The van der Waals surface area contributed by atoms with Crippen LogP contribution in [0.3, 0.4) is 0 Å². The first-order chi connectivity index (χ1) is 11.0. The summed E-state index contributed by atoms with van der Waals surface area (Å²) in [5.41, 5.74) is 0.454. The summed E-state index contributed by atoms with van der Waals surface area (Å²) in [6.07, 6.45) is 1.28. The van der Waals surface area contributed by atoms with Crippen molar-refractivity contribution >= 4 is 17.7 Å². The Hall–Kier alpha value is -3.40. The zero-order valence-electron chi connectivity index (χ0n) is 12.2. The van der Waals surface area contributed by atoms with E-state index in [1.54, 1.807) is 37.3 Å². The molecule has 23 heavy (non-hydrogen) atoms. The number of nitro benzene ring substituents is 1. The number of benzene rings is 1. The normalized spacial score (nSPS) is 10.9. The molecule has 0 aliphatic heterocycles. The number of hydrogen-bond donors (Lipinski definition) is 0. The molecule has 0 saturated carbocycles. The summed E-state index contributed by atoms with van der Waals surface area (Å²) in [4.78, 5) is 21.7. The lowest BCUT2D eigenvalue weighted by Gasteiger charge is -1.98. The van der Waals surface area contributed by atoms with Gasteiger partial charge in [-0.05, 0) is 31.2 Å². The van der Waals surface area contributed by atoms with Crippen molar-refractivity contribution in [2.24, 2.45) is 0 Å². The Kier molecular flexibility index (Phi) is 4.89. The van der Waals surface area contributed by atoms with Crippen molar-refractivity contribution in [3.63, 3.8) is 0 Å². The number of esters is 1. The van der Waals surface area contributed by atoms with E-state index in [4.69, 9.17) is 14.4 Å². The lowest BCUT2D eigenvalue weighted by Crippen LogP contribution is -2.05. The summed E-state index contributed by atoms with van der Waals surface area (Å²) in [7, 11) is 0. The average molecular weight is 312 g/mol. The van der Waals surface area contributed by atoms with Crippen LogP contribution >= 0.6 is 0 Å². The van der Waals surface area contributed by atoms with Crippen molar-refractivity contribution in [1.29, 1.82) is 5.26 Å². The van der Waals surface area contributed by atoms with Gasteiger partial charge in [-0.15, -0.1) is 0 Å². The minimum absolute atomic E-state index is 0.0190. The molecule has 2 aromatic rings. The second-order valence-corrected chi connectivity index (χ2v) is 4.40. The average Bonchev–Trinajstić information content (AvgIpc) is 3.01. The summed E-state index contributed by atoms with van der Waals surface area (Å²) in [6, 6.07) is 10.8. The molecule has 0 radical (unpaired) electrons. The Morgan fingerprint density at radius 2 is 2.04 bits per heavy atom. The Morgan fingerprint density at radius 3 is 2.61 bits per heavy atom. The monoisotopic (exact) mass is 312 g/mol. The topological polar surface area (TPSA) is 106 Å². The maximum Gasteiger partial charge on any atom is 0.349 e. The van der Waals surface area contributed by atoms with E-state index >= 15 is 0 Å². The molecule has 1 aromatic heterocycles. The molecule has 116 valence electrons. The van der Waals surface area contributed by atoms with Crippen LogP contribution in [0.25, 0.3) is 17.4 Å². The van der Waals surface area contributed by atoms with Crippen molar-refractivity contribution in [2.45, 2.75) is 6.92 Å². The molecule has 0 N–H and O–H groups in total. The highest BCUT2D eigenvalue weighted by Crippen LogP contribution is 2.25. The standard InChI is InChI=1S/C16H12N2O5/c1-2-22-16(19)12(10-17)9-14-7-8-15(23-14)11-3-5-13(6-4-11)18(20)21/h3-9H,2H2,1H3/b12-9-.